The van der Waals surface area contributed by atoms with E-state index in [1.807, 2.05) is 98.2 Å². The number of hydrogen-bond donors (Lipinski definition) is 2. The van der Waals surface area contributed by atoms with Crippen molar-refractivity contribution in [2.24, 2.45) is 5.92 Å². The average Bonchev–Trinajstić information content (AvgIpc) is 2.92. The molecule has 44 heavy (non-hydrogen) atoms. The standard InChI is InChI=1S/C36H46N4O4/c1-23(2)18-19-37-29-13-15-31(16-14-29)40(26(5)42)34-20-24(3)39(25(4)41)33-17-12-28(22-32(33)34)27-10-9-11-30(21-27)38-35(43)44-36(6,7)8/h9-17,21-24,34,37H,18-20H2,1-8H3,(H,38,43)/t24-,34+/m0/s1. The highest BCUT2D eigenvalue weighted by molar-refractivity contribution is 5.97. The van der Waals surface area contributed by atoms with Crippen molar-refractivity contribution in [1.82, 2.24) is 0 Å². The van der Waals surface area contributed by atoms with Crippen LogP contribution in [0.15, 0.2) is 66.7 Å². The minimum absolute atomic E-state index is 0.0419. The number of nitrogens with one attached hydrogen (secondary N) is 2. The lowest BCUT2D eigenvalue weighted by atomic mass is 9.87. The third kappa shape index (κ3) is 7.98. The van der Waals surface area contributed by atoms with Gasteiger partial charge in [-0.05, 0) is 112 Å². The van der Waals surface area contributed by atoms with Crippen LogP contribution in [0.2, 0.25) is 0 Å². The largest absolute Gasteiger partial charge is 0.444 e. The molecule has 234 valence electrons. The van der Waals surface area contributed by atoms with Gasteiger partial charge in [-0.25, -0.2) is 4.79 Å². The monoisotopic (exact) mass is 598 g/mol. The number of nitrogens with zero attached hydrogens (tertiary/aromatic N) is 2. The molecule has 0 bridgehead atoms. The quantitative estimate of drug-likeness (QED) is 0.272. The topological polar surface area (TPSA) is 91.0 Å². The van der Waals surface area contributed by atoms with E-state index in [-0.39, 0.29) is 23.9 Å². The zero-order valence-electron chi connectivity index (χ0n) is 27.2. The van der Waals surface area contributed by atoms with E-state index < -0.39 is 11.7 Å². The summed E-state index contributed by atoms with van der Waals surface area (Å²) in [7, 11) is 0. The molecule has 8 nitrogen and oxygen atoms in total. The van der Waals surface area contributed by atoms with Gasteiger partial charge in [0.2, 0.25) is 11.8 Å². The zero-order chi connectivity index (χ0) is 32.2. The Kier molecular flexibility index (Phi) is 10.0. The summed E-state index contributed by atoms with van der Waals surface area (Å²) < 4.78 is 5.42. The molecule has 8 heteroatoms. The van der Waals surface area contributed by atoms with Crippen molar-refractivity contribution in [1.29, 1.82) is 0 Å². The summed E-state index contributed by atoms with van der Waals surface area (Å²) in [5, 5.41) is 6.28. The van der Waals surface area contributed by atoms with E-state index in [0.29, 0.717) is 18.0 Å². The maximum absolute atomic E-state index is 13.3. The summed E-state index contributed by atoms with van der Waals surface area (Å²) in [6.07, 6.45) is 1.14. The first-order valence-corrected chi connectivity index (χ1v) is 15.4. The summed E-state index contributed by atoms with van der Waals surface area (Å²) in [4.78, 5) is 42.2. The van der Waals surface area contributed by atoms with E-state index in [1.54, 1.807) is 13.8 Å². The fraction of sp³-hybridized carbons (Fsp3) is 0.417. The van der Waals surface area contributed by atoms with Gasteiger partial charge in [0.05, 0.1) is 6.04 Å². The van der Waals surface area contributed by atoms with Crippen LogP contribution >= 0.6 is 0 Å². The highest BCUT2D eigenvalue weighted by Crippen LogP contribution is 2.44. The van der Waals surface area contributed by atoms with Crippen molar-refractivity contribution in [2.75, 3.05) is 27.0 Å². The number of carbonyl (C=O) groups is 3. The van der Waals surface area contributed by atoms with E-state index in [4.69, 9.17) is 4.74 Å². The number of amides is 3. The minimum atomic E-state index is -0.609. The van der Waals surface area contributed by atoms with Crippen LogP contribution in [0.25, 0.3) is 11.1 Å². The van der Waals surface area contributed by atoms with Gasteiger partial charge in [-0.2, -0.15) is 0 Å². The third-order valence-electron chi connectivity index (χ3n) is 7.68. The maximum atomic E-state index is 13.3. The first kappa shape index (κ1) is 32.6. The lowest BCUT2D eigenvalue weighted by Gasteiger charge is -2.43. The van der Waals surface area contributed by atoms with Gasteiger partial charge >= 0.3 is 6.09 Å². The molecule has 0 unspecified atom stereocenters. The van der Waals surface area contributed by atoms with Gasteiger partial charge in [-0.3, -0.25) is 14.9 Å². The van der Waals surface area contributed by atoms with Crippen LogP contribution in [0.4, 0.5) is 27.5 Å². The van der Waals surface area contributed by atoms with E-state index >= 15 is 0 Å². The lowest BCUT2D eigenvalue weighted by molar-refractivity contribution is -0.117. The highest BCUT2D eigenvalue weighted by atomic mass is 16.6. The molecule has 3 aromatic carbocycles. The molecule has 2 N–H and O–H groups in total. The molecular weight excluding hydrogens is 552 g/mol. The van der Waals surface area contributed by atoms with Crippen molar-refractivity contribution in [3.05, 3.63) is 72.3 Å². The molecule has 3 amide bonds. The Morgan fingerprint density at radius 1 is 0.955 bits per heavy atom. The number of anilines is 4. The molecule has 0 spiro atoms. The Balaban J connectivity index is 1.71. The van der Waals surface area contributed by atoms with Gasteiger partial charge in [0.15, 0.2) is 0 Å². The van der Waals surface area contributed by atoms with Crippen LogP contribution in [-0.4, -0.2) is 36.1 Å². The highest BCUT2D eigenvalue weighted by Gasteiger charge is 2.37. The van der Waals surface area contributed by atoms with Crippen LogP contribution in [0.3, 0.4) is 0 Å². The minimum Gasteiger partial charge on any atom is -0.444 e. The zero-order valence-corrected chi connectivity index (χ0v) is 27.2. The number of rotatable bonds is 8. The first-order chi connectivity index (χ1) is 20.7. The third-order valence-corrected chi connectivity index (χ3v) is 7.68. The molecule has 0 saturated heterocycles. The molecule has 1 aliphatic heterocycles. The number of carbonyl (C=O) groups excluding carboxylic acids is 3. The second-order valence-corrected chi connectivity index (χ2v) is 13.0. The molecule has 1 heterocycles. The van der Waals surface area contributed by atoms with Gasteiger partial charge in [0.1, 0.15) is 5.60 Å². The van der Waals surface area contributed by atoms with Crippen molar-refractivity contribution in [3.8, 4) is 11.1 Å². The smallest absolute Gasteiger partial charge is 0.412 e. The normalized spacial score (nSPS) is 16.2. The Labute approximate surface area is 261 Å². The number of hydrogen-bond acceptors (Lipinski definition) is 5. The molecule has 0 saturated carbocycles. The van der Waals surface area contributed by atoms with Gasteiger partial charge in [0.25, 0.3) is 0 Å². The van der Waals surface area contributed by atoms with Gasteiger partial charge in [-0.1, -0.05) is 32.0 Å². The Morgan fingerprint density at radius 3 is 2.25 bits per heavy atom. The Morgan fingerprint density at radius 2 is 1.64 bits per heavy atom. The molecule has 1 aliphatic rings. The molecule has 0 aromatic heterocycles. The fourth-order valence-electron chi connectivity index (χ4n) is 5.76. The predicted molar refractivity (Wildman–Crippen MR) is 179 cm³/mol. The molecule has 0 fully saturated rings. The number of ether oxygens (including phenoxy) is 1. The van der Waals surface area contributed by atoms with Crippen molar-refractivity contribution >= 4 is 40.7 Å². The molecule has 0 radical (unpaired) electrons. The van der Waals surface area contributed by atoms with Crippen molar-refractivity contribution in [2.45, 2.75) is 85.9 Å². The fourth-order valence-corrected chi connectivity index (χ4v) is 5.76. The maximum Gasteiger partial charge on any atom is 0.412 e. The Hall–Kier alpha value is -4.33. The molecule has 2 atom stereocenters. The van der Waals surface area contributed by atoms with Gasteiger partial charge in [-0.15, -0.1) is 0 Å². The van der Waals surface area contributed by atoms with Crippen LogP contribution in [0.1, 0.15) is 79.8 Å². The summed E-state index contributed by atoms with van der Waals surface area (Å²) in [6.45, 7) is 15.9. The van der Waals surface area contributed by atoms with Crippen molar-refractivity contribution in [3.63, 3.8) is 0 Å². The lowest BCUT2D eigenvalue weighted by Crippen LogP contribution is -2.46. The molecule has 0 aliphatic carbocycles. The summed E-state index contributed by atoms with van der Waals surface area (Å²) in [5.41, 5.74) is 5.31. The second kappa shape index (κ2) is 13.5. The van der Waals surface area contributed by atoms with Crippen molar-refractivity contribution < 1.29 is 19.1 Å². The number of fused-ring (bicyclic) bond motifs is 1. The van der Waals surface area contributed by atoms with Crippen LogP contribution in [-0.2, 0) is 14.3 Å². The van der Waals surface area contributed by atoms with Crippen LogP contribution < -0.4 is 20.4 Å². The molecular formula is C36H46N4O4. The van der Waals surface area contributed by atoms with Gasteiger partial charge < -0.3 is 19.9 Å². The molecule has 3 aromatic rings. The van der Waals surface area contributed by atoms with E-state index in [2.05, 4.69) is 30.5 Å². The predicted octanol–water partition coefficient (Wildman–Crippen LogP) is 8.40. The van der Waals surface area contributed by atoms with Crippen LogP contribution in [0.5, 0.6) is 0 Å². The summed E-state index contributed by atoms with van der Waals surface area (Å²) in [6, 6.07) is 21.2. The number of benzene rings is 3. The summed E-state index contributed by atoms with van der Waals surface area (Å²) in [5.74, 6) is 0.505. The first-order valence-electron chi connectivity index (χ1n) is 15.4. The second-order valence-electron chi connectivity index (χ2n) is 13.0. The van der Waals surface area contributed by atoms with Crippen LogP contribution in [0, 0.1) is 5.92 Å². The van der Waals surface area contributed by atoms with E-state index in [0.717, 1.165) is 46.7 Å². The SMILES string of the molecule is CC(=O)N(c1ccc(NCCC(C)C)cc1)[C@@H]1C[C@H](C)N(C(C)=O)c2ccc(-c3cccc(NC(=O)OC(C)(C)C)c3)cc21. The van der Waals surface area contributed by atoms with Gasteiger partial charge in [0, 0.05) is 49.2 Å². The van der Waals surface area contributed by atoms with E-state index in [1.165, 1.54) is 0 Å². The van der Waals surface area contributed by atoms with E-state index in [9.17, 15) is 14.4 Å². The average molecular weight is 599 g/mol. The molecule has 4 rings (SSSR count). The summed E-state index contributed by atoms with van der Waals surface area (Å²) >= 11 is 0. The Bertz CT molecular complexity index is 1490.